The summed E-state index contributed by atoms with van der Waals surface area (Å²) in [7, 11) is -3.69. The summed E-state index contributed by atoms with van der Waals surface area (Å²) < 4.78 is 35.6. The summed E-state index contributed by atoms with van der Waals surface area (Å²) in [5.41, 5.74) is 1.92. The van der Waals surface area contributed by atoms with E-state index in [-0.39, 0.29) is 35.3 Å². The van der Waals surface area contributed by atoms with Gasteiger partial charge in [0.15, 0.2) is 11.6 Å². The quantitative estimate of drug-likeness (QED) is 0.616. The minimum Gasteiger partial charge on any atom is -0.360 e. The Balaban J connectivity index is 1.57. The average molecular weight is 433 g/mol. The van der Waals surface area contributed by atoms with E-state index < -0.39 is 10.0 Å². The van der Waals surface area contributed by atoms with E-state index in [0.29, 0.717) is 24.4 Å². The monoisotopic (exact) mass is 432 g/mol. The fourth-order valence-electron chi connectivity index (χ4n) is 3.95. The van der Waals surface area contributed by atoms with Crippen LogP contribution in [0.15, 0.2) is 32.4 Å². The first-order valence-corrected chi connectivity index (χ1v) is 11.2. The smallest absolute Gasteiger partial charge is 0.267 e. The Morgan fingerprint density at radius 2 is 1.77 bits per heavy atom. The Kier molecular flexibility index (Phi) is 5.10. The molecule has 0 spiro atoms. The molecule has 0 atom stereocenters. The van der Waals surface area contributed by atoms with Crippen LogP contribution in [0.2, 0.25) is 0 Å². The molecule has 3 aromatic rings. The second-order valence-corrected chi connectivity index (χ2v) is 9.48. The van der Waals surface area contributed by atoms with Crippen molar-refractivity contribution in [2.24, 2.45) is 0 Å². The maximum Gasteiger partial charge on any atom is 0.267 e. The highest BCUT2D eigenvalue weighted by molar-refractivity contribution is 7.89. The minimum absolute atomic E-state index is 0.128. The zero-order valence-corrected chi connectivity index (χ0v) is 18.2. The topological polar surface area (TPSA) is 116 Å². The van der Waals surface area contributed by atoms with Crippen LogP contribution in [0.1, 0.15) is 41.7 Å². The van der Waals surface area contributed by atoms with Crippen molar-refractivity contribution in [3.05, 3.63) is 51.4 Å². The lowest BCUT2D eigenvalue weighted by atomic mass is 10.1. The molecule has 1 aliphatic heterocycles. The van der Waals surface area contributed by atoms with Crippen molar-refractivity contribution in [2.45, 2.75) is 51.5 Å². The molecule has 0 unspecified atom stereocenters. The van der Waals surface area contributed by atoms with Crippen LogP contribution >= 0.6 is 0 Å². The summed E-state index contributed by atoms with van der Waals surface area (Å²) in [5, 5.41) is 12.7. The van der Waals surface area contributed by atoms with Crippen molar-refractivity contribution in [1.82, 2.24) is 29.0 Å². The highest BCUT2D eigenvalue weighted by Gasteiger charge is 2.34. The lowest BCUT2D eigenvalue weighted by Crippen LogP contribution is -2.41. The highest BCUT2D eigenvalue weighted by atomic mass is 32.2. The second-order valence-electron chi connectivity index (χ2n) is 7.60. The summed E-state index contributed by atoms with van der Waals surface area (Å²) in [6, 6.07) is 4.88. The summed E-state index contributed by atoms with van der Waals surface area (Å²) in [6.07, 6.45) is 0.964. The highest BCUT2D eigenvalue weighted by Crippen LogP contribution is 2.28. The van der Waals surface area contributed by atoms with Gasteiger partial charge in [-0.1, -0.05) is 5.16 Å². The van der Waals surface area contributed by atoms with Crippen LogP contribution in [0.3, 0.4) is 0 Å². The van der Waals surface area contributed by atoms with Gasteiger partial charge in [0, 0.05) is 24.8 Å². The third-order valence-electron chi connectivity index (χ3n) is 5.37. The lowest BCUT2D eigenvalue weighted by Gasteiger charge is -2.31. The number of nitrogens with zero attached hydrogens (tertiary/aromatic N) is 6. The van der Waals surface area contributed by atoms with E-state index in [1.165, 1.54) is 15.1 Å². The first kappa shape index (κ1) is 20.5. The molecule has 3 aromatic heterocycles. The maximum atomic E-state index is 13.0. The molecule has 0 bridgehead atoms. The molecule has 0 radical (unpaired) electrons. The number of piperidine rings is 1. The van der Waals surface area contributed by atoms with Gasteiger partial charge in [-0.3, -0.25) is 4.79 Å². The van der Waals surface area contributed by atoms with Crippen molar-refractivity contribution >= 4 is 10.0 Å². The fourth-order valence-corrected chi connectivity index (χ4v) is 5.71. The van der Waals surface area contributed by atoms with Gasteiger partial charge in [-0.2, -0.15) is 9.40 Å². The normalized spacial score (nSPS) is 16.3. The average Bonchev–Trinajstić information content (AvgIpc) is 3.23. The third-order valence-corrected chi connectivity index (χ3v) is 7.52. The van der Waals surface area contributed by atoms with E-state index in [9.17, 15) is 13.2 Å². The van der Waals surface area contributed by atoms with Crippen LogP contribution < -0.4 is 5.56 Å². The van der Waals surface area contributed by atoms with Gasteiger partial charge in [0.05, 0.1) is 11.7 Å². The Hall–Kier alpha value is -2.79. The third kappa shape index (κ3) is 3.47. The Morgan fingerprint density at radius 3 is 2.33 bits per heavy atom. The SMILES string of the molecule is Cc1cc(C)n(-c2ccc(=O)n(C3CCN(S(=O)(=O)c4c(C)noc4C)CC3)n2)n1. The Labute approximate surface area is 174 Å². The van der Waals surface area contributed by atoms with Crippen molar-refractivity contribution in [3.8, 4) is 5.82 Å². The minimum atomic E-state index is -3.69. The molecule has 1 fully saturated rings. The van der Waals surface area contributed by atoms with Crippen molar-refractivity contribution in [1.29, 1.82) is 0 Å². The van der Waals surface area contributed by atoms with Gasteiger partial charge in [-0.05, 0) is 52.7 Å². The van der Waals surface area contributed by atoms with Gasteiger partial charge in [-0.15, -0.1) is 5.10 Å². The maximum absolute atomic E-state index is 13.0. The van der Waals surface area contributed by atoms with Crippen LogP contribution in [0.4, 0.5) is 0 Å². The van der Waals surface area contributed by atoms with Crippen LogP contribution in [-0.4, -0.2) is 50.5 Å². The summed E-state index contributed by atoms with van der Waals surface area (Å²) >= 11 is 0. The van der Waals surface area contributed by atoms with Crippen molar-refractivity contribution < 1.29 is 12.9 Å². The summed E-state index contributed by atoms with van der Waals surface area (Å²) in [6.45, 7) is 7.60. The number of rotatable bonds is 4. The van der Waals surface area contributed by atoms with E-state index in [1.54, 1.807) is 24.6 Å². The molecule has 1 saturated heterocycles. The van der Waals surface area contributed by atoms with Crippen LogP contribution in [-0.2, 0) is 10.0 Å². The van der Waals surface area contributed by atoms with Crippen LogP contribution in [0, 0.1) is 27.7 Å². The lowest BCUT2D eigenvalue weighted by molar-refractivity contribution is 0.254. The number of hydrogen-bond acceptors (Lipinski definition) is 7. The molecule has 0 aromatic carbocycles. The van der Waals surface area contributed by atoms with E-state index in [4.69, 9.17) is 4.52 Å². The molecule has 0 amide bonds. The van der Waals surface area contributed by atoms with Gasteiger partial charge in [-0.25, -0.2) is 17.8 Å². The Morgan fingerprint density at radius 1 is 1.07 bits per heavy atom. The zero-order valence-electron chi connectivity index (χ0n) is 17.4. The van der Waals surface area contributed by atoms with Crippen molar-refractivity contribution in [3.63, 3.8) is 0 Å². The van der Waals surface area contributed by atoms with Gasteiger partial charge >= 0.3 is 0 Å². The van der Waals surface area contributed by atoms with E-state index in [2.05, 4.69) is 15.4 Å². The van der Waals surface area contributed by atoms with Crippen LogP contribution in [0.25, 0.3) is 5.82 Å². The molecule has 0 aliphatic carbocycles. The van der Waals surface area contributed by atoms with Crippen molar-refractivity contribution in [2.75, 3.05) is 13.1 Å². The van der Waals surface area contributed by atoms with Gasteiger partial charge in [0.25, 0.3) is 5.56 Å². The number of aromatic nitrogens is 5. The second kappa shape index (κ2) is 7.47. The standard InChI is InChI=1S/C19H24N6O4S/c1-12-11-13(2)24(20-12)17-5-6-18(26)25(21-17)16-7-9-23(10-8-16)30(27,28)19-14(3)22-29-15(19)4/h5-6,11,16H,7-10H2,1-4H3. The fraction of sp³-hybridized carbons (Fsp3) is 0.474. The molecule has 160 valence electrons. The molecule has 4 rings (SSSR count). The first-order valence-electron chi connectivity index (χ1n) is 9.75. The molecule has 0 saturated carbocycles. The molecule has 0 N–H and O–H groups in total. The van der Waals surface area contributed by atoms with Gasteiger partial charge < -0.3 is 4.52 Å². The number of sulfonamides is 1. The van der Waals surface area contributed by atoms with Crippen LogP contribution in [0.5, 0.6) is 0 Å². The molecule has 11 heteroatoms. The Bertz CT molecular complexity index is 1230. The molecule has 10 nitrogen and oxygen atoms in total. The molecule has 1 aliphatic rings. The summed E-state index contributed by atoms with van der Waals surface area (Å²) in [4.78, 5) is 12.6. The van der Waals surface area contributed by atoms with E-state index in [1.807, 2.05) is 19.9 Å². The molecular formula is C19H24N6O4S. The largest absolute Gasteiger partial charge is 0.360 e. The van der Waals surface area contributed by atoms with E-state index in [0.717, 1.165) is 11.4 Å². The predicted molar refractivity (Wildman–Crippen MR) is 108 cm³/mol. The zero-order chi connectivity index (χ0) is 21.6. The van der Waals surface area contributed by atoms with Gasteiger partial charge in [0.1, 0.15) is 10.6 Å². The van der Waals surface area contributed by atoms with E-state index >= 15 is 0 Å². The number of aryl methyl sites for hydroxylation is 4. The number of hydrogen-bond donors (Lipinski definition) is 0. The van der Waals surface area contributed by atoms with Gasteiger partial charge in [0.2, 0.25) is 10.0 Å². The predicted octanol–water partition coefficient (Wildman–Crippen LogP) is 1.68. The molecule has 4 heterocycles. The molecular weight excluding hydrogens is 408 g/mol. The first-order chi connectivity index (χ1) is 14.2. The molecule has 30 heavy (non-hydrogen) atoms. The summed E-state index contributed by atoms with van der Waals surface area (Å²) in [5.74, 6) is 0.844.